The number of esters is 1. The summed E-state index contributed by atoms with van der Waals surface area (Å²) in [5.41, 5.74) is 1.64. The molecule has 0 saturated carbocycles. The standard InChI is InChI=1S/C21H25NO5/c1-14(16-8-6-5-7-9-16)22-21(24)15(2)27-20(23)12-17-10-11-18(25-3)13-19(17)26-4/h5-11,13-15H,12H2,1-4H3,(H,22,24). The molecule has 0 aliphatic heterocycles. The van der Waals surface area contributed by atoms with Crippen LogP contribution in [0.25, 0.3) is 0 Å². The smallest absolute Gasteiger partial charge is 0.311 e. The molecule has 0 bridgehead atoms. The van der Waals surface area contributed by atoms with Crippen LogP contribution in [0.15, 0.2) is 48.5 Å². The number of hydrogen-bond donors (Lipinski definition) is 1. The van der Waals surface area contributed by atoms with Crippen LogP contribution in [0.5, 0.6) is 11.5 Å². The molecule has 0 heterocycles. The highest BCUT2D eigenvalue weighted by molar-refractivity contribution is 5.84. The highest BCUT2D eigenvalue weighted by Gasteiger charge is 2.21. The summed E-state index contributed by atoms with van der Waals surface area (Å²) >= 11 is 0. The molecule has 0 fully saturated rings. The molecule has 2 rings (SSSR count). The molecule has 6 nitrogen and oxygen atoms in total. The van der Waals surface area contributed by atoms with Gasteiger partial charge >= 0.3 is 5.97 Å². The van der Waals surface area contributed by atoms with E-state index in [1.807, 2.05) is 37.3 Å². The van der Waals surface area contributed by atoms with Gasteiger partial charge in [0.1, 0.15) is 11.5 Å². The first-order valence-corrected chi connectivity index (χ1v) is 8.70. The highest BCUT2D eigenvalue weighted by Crippen LogP contribution is 2.25. The van der Waals surface area contributed by atoms with Gasteiger partial charge in [-0.1, -0.05) is 36.4 Å². The Morgan fingerprint density at radius 2 is 1.70 bits per heavy atom. The second kappa shape index (κ2) is 9.62. The molecule has 0 aliphatic rings. The summed E-state index contributed by atoms with van der Waals surface area (Å²) < 4.78 is 15.7. The average molecular weight is 371 g/mol. The molecular weight excluding hydrogens is 346 g/mol. The molecule has 2 aromatic carbocycles. The maximum atomic E-state index is 12.3. The van der Waals surface area contributed by atoms with Crippen molar-refractivity contribution < 1.29 is 23.8 Å². The summed E-state index contributed by atoms with van der Waals surface area (Å²) in [5.74, 6) is 0.308. The van der Waals surface area contributed by atoms with Crippen molar-refractivity contribution in [2.45, 2.75) is 32.4 Å². The molecule has 0 aliphatic carbocycles. The second-order valence-electron chi connectivity index (χ2n) is 6.13. The minimum atomic E-state index is -0.895. The number of nitrogens with one attached hydrogen (secondary N) is 1. The van der Waals surface area contributed by atoms with Gasteiger partial charge in [-0.05, 0) is 25.5 Å². The fourth-order valence-corrected chi connectivity index (χ4v) is 2.60. The van der Waals surface area contributed by atoms with Crippen LogP contribution < -0.4 is 14.8 Å². The number of amides is 1. The molecule has 0 spiro atoms. The third-order valence-electron chi connectivity index (χ3n) is 4.16. The van der Waals surface area contributed by atoms with Crippen molar-refractivity contribution in [1.82, 2.24) is 5.32 Å². The van der Waals surface area contributed by atoms with E-state index in [-0.39, 0.29) is 18.4 Å². The lowest BCUT2D eigenvalue weighted by Crippen LogP contribution is -2.37. The molecule has 0 aromatic heterocycles. The molecule has 0 saturated heterocycles. The number of carbonyl (C=O) groups excluding carboxylic acids is 2. The minimum Gasteiger partial charge on any atom is -0.497 e. The number of ether oxygens (including phenoxy) is 3. The largest absolute Gasteiger partial charge is 0.497 e. The van der Waals surface area contributed by atoms with E-state index in [1.165, 1.54) is 7.11 Å². The summed E-state index contributed by atoms with van der Waals surface area (Å²) in [5, 5.41) is 2.85. The van der Waals surface area contributed by atoms with Crippen molar-refractivity contribution in [1.29, 1.82) is 0 Å². The number of carbonyl (C=O) groups is 2. The van der Waals surface area contributed by atoms with Gasteiger partial charge in [-0.25, -0.2) is 0 Å². The Labute approximate surface area is 159 Å². The van der Waals surface area contributed by atoms with E-state index in [0.717, 1.165) is 5.56 Å². The summed E-state index contributed by atoms with van der Waals surface area (Å²) in [6.07, 6.45) is -0.896. The predicted octanol–water partition coefficient (Wildman–Crippen LogP) is 3.06. The van der Waals surface area contributed by atoms with Gasteiger partial charge < -0.3 is 19.5 Å². The van der Waals surface area contributed by atoms with E-state index in [9.17, 15) is 9.59 Å². The molecule has 2 unspecified atom stereocenters. The van der Waals surface area contributed by atoms with Crippen LogP contribution in [0.2, 0.25) is 0 Å². The molecule has 1 amide bonds. The zero-order valence-electron chi connectivity index (χ0n) is 16.0. The van der Waals surface area contributed by atoms with Crippen LogP contribution in [0.4, 0.5) is 0 Å². The van der Waals surface area contributed by atoms with Crippen LogP contribution >= 0.6 is 0 Å². The van der Waals surface area contributed by atoms with Crippen molar-refractivity contribution in [3.63, 3.8) is 0 Å². The molecular formula is C21H25NO5. The topological polar surface area (TPSA) is 73.9 Å². The van der Waals surface area contributed by atoms with E-state index >= 15 is 0 Å². The predicted molar refractivity (Wildman–Crippen MR) is 102 cm³/mol. The van der Waals surface area contributed by atoms with Crippen LogP contribution in [-0.2, 0) is 20.7 Å². The Hall–Kier alpha value is -3.02. The summed E-state index contributed by atoms with van der Waals surface area (Å²) in [6.45, 7) is 3.43. The normalized spacial score (nSPS) is 12.6. The monoisotopic (exact) mass is 371 g/mol. The lowest BCUT2D eigenvalue weighted by Gasteiger charge is -2.18. The van der Waals surface area contributed by atoms with Crippen molar-refractivity contribution in [3.8, 4) is 11.5 Å². The molecule has 27 heavy (non-hydrogen) atoms. The summed E-state index contributed by atoms with van der Waals surface area (Å²) in [7, 11) is 3.07. The number of hydrogen-bond acceptors (Lipinski definition) is 5. The van der Waals surface area contributed by atoms with Crippen molar-refractivity contribution in [3.05, 3.63) is 59.7 Å². The molecule has 144 valence electrons. The van der Waals surface area contributed by atoms with Gasteiger partial charge in [0.05, 0.1) is 26.7 Å². The molecule has 1 N–H and O–H groups in total. The quantitative estimate of drug-likeness (QED) is 0.722. The van der Waals surface area contributed by atoms with Gasteiger partial charge in [-0.3, -0.25) is 9.59 Å². The van der Waals surface area contributed by atoms with E-state index < -0.39 is 12.1 Å². The zero-order chi connectivity index (χ0) is 19.8. The summed E-state index contributed by atoms with van der Waals surface area (Å²) in [6, 6.07) is 14.6. The van der Waals surface area contributed by atoms with Gasteiger partial charge in [0.25, 0.3) is 5.91 Å². The molecule has 2 atom stereocenters. The van der Waals surface area contributed by atoms with Crippen molar-refractivity contribution >= 4 is 11.9 Å². The Morgan fingerprint density at radius 1 is 1.00 bits per heavy atom. The van der Waals surface area contributed by atoms with Crippen molar-refractivity contribution in [2.75, 3.05) is 14.2 Å². The van der Waals surface area contributed by atoms with E-state index in [0.29, 0.717) is 17.1 Å². The van der Waals surface area contributed by atoms with Gasteiger partial charge in [-0.2, -0.15) is 0 Å². The molecule has 0 radical (unpaired) electrons. The zero-order valence-corrected chi connectivity index (χ0v) is 16.0. The molecule has 6 heteroatoms. The second-order valence-corrected chi connectivity index (χ2v) is 6.13. The Balaban J connectivity index is 1.92. The first-order chi connectivity index (χ1) is 12.9. The van der Waals surface area contributed by atoms with E-state index in [1.54, 1.807) is 32.2 Å². The summed E-state index contributed by atoms with van der Waals surface area (Å²) in [4.78, 5) is 24.5. The Morgan fingerprint density at radius 3 is 2.33 bits per heavy atom. The lowest BCUT2D eigenvalue weighted by molar-refractivity contribution is -0.154. The van der Waals surface area contributed by atoms with Gasteiger partial charge in [0, 0.05) is 11.6 Å². The van der Waals surface area contributed by atoms with Crippen LogP contribution in [-0.4, -0.2) is 32.2 Å². The fraction of sp³-hybridized carbons (Fsp3) is 0.333. The first-order valence-electron chi connectivity index (χ1n) is 8.70. The minimum absolute atomic E-state index is 0.000966. The number of methoxy groups -OCH3 is 2. The van der Waals surface area contributed by atoms with E-state index in [4.69, 9.17) is 14.2 Å². The third-order valence-corrected chi connectivity index (χ3v) is 4.16. The maximum absolute atomic E-state index is 12.3. The van der Waals surface area contributed by atoms with Gasteiger partial charge in [0.2, 0.25) is 0 Å². The lowest BCUT2D eigenvalue weighted by atomic mass is 10.1. The van der Waals surface area contributed by atoms with Crippen LogP contribution in [0.3, 0.4) is 0 Å². The Bertz CT molecular complexity index is 775. The SMILES string of the molecule is COc1ccc(CC(=O)OC(C)C(=O)NC(C)c2ccccc2)c(OC)c1. The Kier molecular flexibility index (Phi) is 7.23. The van der Waals surface area contributed by atoms with Crippen LogP contribution in [0, 0.1) is 0 Å². The average Bonchev–Trinajstić information content (AvgIpc) is 2.68. The van der Waals surface area contributed by atoms with Crippen molar-refractivity contribution in [2.24, 2.45) is 0 Å². The van der Waals surface area contributed by atoms with Gasteiger partial charge in [0.15, 0.2) is 6.10 Å². The van der Waals surface area contributed by atoms with Crippen LogP contribution in [0.1, 0.15) is 31.0 Å². The number of benzene rings is 2. The molecule has 2 aromatic rings. The van der Waals surface area contributed by atoms with Gasteiger partial charge in [-0.15, -0.1) is 0 Å². The first kappa shape index (κ1) is 20.3. The maximum Gasteiger partial charge on any atom is 0.311 e. The fourth-order valence-electron chi connectivity index (χ4n) is 2.60. The third kappa shape index (κ3) is 5.74. The highest BCUT2D eigenvalue weighted by atomic mass is 16.5. The van der Waals surface area contributed by atoms with E-state index in [2.05, 4.69) is 5.32 Å². The number of rotatable bonds is 8.